The number of nitrogens with zero attached hydrogens (tertiary/aromatic N) is 2. The second-order valence-corrected chi connectivity index (χ2v) is 6.11. The van der Waals surface area contributed by atoms with Gasteiger partial charge in [0.05, 0.1) is 19.2 Å². The van der Waals surface area contributed by atoms with Crippen molar-refractivity contribution in [3.05, 3.63) is 57.8 Å². The smallest absolute Gasteiger partial charge is 0.251 e. The first-order valence-electron chi connectivity index (χ1n) is 8.03. The number of nitrogens with one attached hydrogen (secondary N) is 1. The summed E-state index contributed by atoms with van der Waals surface area (Å²) in [5.74, 6) is 1.62. The third-order valence-corrected chi connectivity index (χ3v) is 4.35. The van der Waals surface area contributed by atoms with E-state index in [-0.39, 0.29) is 17.4 Å². The van der Waals surface area contributed by atoms with Crippen molar-refractivity contribution in [1.29, 1.82) is 0 Å². The lowest BCUT2D eigenvalue weighted by Crippen LogP contribution is -2.30. The van der Waals surface area contributed by atoms with Crippen LogP contribution in [0.5, 0.6) is 5.75 Å². The number of methoxy groups -OCH3 is 1. The summed E-state index contributed by atoms with van der Waals surface area (Å²) in [4.78, 5) is 33.0. The number of H-pyrrole nitrogens is 1. The molecule has 0 bridgehead atoms. The van der Waals surface area contributed by atoms with Crippen LogP contribution in [-0.2, 0) is 11.2 Å². The van der Waals surface area contributed by atoms with Crippen LogP contribution in [0.3, 0.4) is 0 Å². The summed E-state index contributed by atoms with van der Waals surface area (Å²) < 4.78 is 5.13. The number of ether oxygens (including phenoxy) is 1. The first kappa shape index (κ1) is 16.2. The number of hydrogen-bond donors (Lipinski definition) is 1. The van der Waals surface area contributed by atoms with E-state index in [2.05, 4.69) is 9.97 Å². The molecule has 6 heteroatoms. The van der Waals surface area contributed by atoms with E-state index in [1.165, 1.54) is 6.07 Å². The molecule has 1 amide bonds. The van der Waals surface area contributed by atoms with Gasteiger partial charge in [-0.05, 0) is 31.0 Å². The van der Waals surface area contributed by atoms with E-state index in [9.17, 15) is 9.59 Å². The molecular weight excluding hydrogens is 306 g/mol. The molecule has 24 heavy (non-hydrogen) atoms. The Morgan fingerprint density at radius 1 is 1.38 bits per heavy atom. The lowest BCUT2D eigenvalue weighted by Gasteiger charge is -2.16. The van der Waals surface area contributed by atoms with Crippen LogP contribution < -0.4 is 10.3 Å². The number of benzene rings is 1. The van der Waals surface area contributed by atoms with Gasteiger partial charge in [-0.25, -0.2) is 4.98 Å². The summed E-state index contributed by atoms with van der Waals surface area (Å²) >= 11 is 0. The van der Waals surface area contributed by atoms with Crippen LogP contribution in [0.4, 0.5) is 0 Å². The second kappa shape index (κ2) is 6.86. The molecule has 1 aliphatic heterocycles. The first-order chi connectivity index (χ1) is 11.5. The SMILES string of the molecule is COc1ccc(CC(=O)N2CC[C@H](c3cc(=O)[nH]c(C)n3)C2)cc1. The Morgan fingerprint density at radius 3 is 2.79 bits per heavy atom. The summed E-state index contributed by atoms with van der Waals surface area (Å²) in [6.45, 7) is 3.09. The number of carbonyl (C=O) groups excluding carboxylic acids is 1. The maximum atomic E-state index is 12.5. The van der Waals surface area contributed by atoms with E-state index in [0.29, 0.717) is 25.3 Å². The van der Waals surface area contributed by atoms with Crippen molar-refractivity contribution in [1.82, 2.24) is 14.9 Å². The predicted octanol–water partition coefficient (Wildman–Crippen LogP) is 1.65. The molecule has 0 spiro atoms. The van der Waals surface area contributed by atoms with E-state index < -0.39 is 0 Å². The normalized spacial score (nSPS) is 17.1. The van der Waals surface area contributed by atoms with Crippen LogP contribution in [0.1, 0.15) is 29.4 Å². The molecule has 0 saturated carbocycles. The van der Waals surface area contributed by atoms with E-state index in [1.54, 1.807) is 14.0 Å². The molecule has 6 nitrogen and oxygen atoms in total. The lowest BCUT2D eigenvalue weighted by molar-refractivity contribution is -0.129. The number of aromatic amines is 1. The lowest BCUT2D eigenvalue weighted by atomic mass is 10.0. The third kappa shape index (κ3) is 3.64. The highest BCUT2D eigenvalue weighted by Crippen LogP contribution is 2.25. The van der Waals surface area contributed by atoms with Gasteiger partial charge < -0.3 is 14.6 Å². The molecule has 1 aliphatic rings. The summed E-state index contributed by atoms with van der Waals surface area (Å²) in [7, 11) is 1.62. The van der Waals surface area contributed by atoms with E-state index in [1.807, 2.05) is 29.2 Å². The molecule has 3 rings (SSSR count). The van der Waals surface area contributed by atoms with Gasteiger partial charge in [0.2, 0.25) is 5.91 Å². The zero-order valence-electron chi connectivity index (χ0n) is 13.9. The average Bonchev–Trinajstić information content (AvgIpc) is 3.05. The van der Waals surface area contributed by atoms with Crippen molar-refractivity contribution in [3.63, 3.8) is 0 Å². The Bertz CT molecular complexity index is 783. The van der Waals surface area contributed by atoms with E-state index in [4.69, 9.17) is 4.74 Å². The molecule has 2 aromatic rings. The molecule has 0 unspecified atom stereocenters. The number of aromatic nitrogens is 2. The van der Waals surface area contributed by atoms with Gasteiger partial charge in [-0.2, -0.15) is 0 Å². The highest BCUT2D eigenvalue weighted by molar-refractivity contribution is 5.79. The summed E-state index contributed by atoms with van der Waals surface area (Å²) in [6, 6.07) is 9.07. The topological polar surface area (TPSA) is 75.3 Å². The highest BCUT2D eigenvalue weighted by atomic mass is 16.5. The van der Waals surface area contributed by atoms with Crippen molar-refractivity contribution < 1.29 is 9.53 Å². The molecule has 0 radical (unpaired) electrons. The minimum Gasteiger partial charge on any atom is -0.497 e. The number of rotatable bonds is 4. The average molecular weight is 327 g/mol. The van der Waals surface area contributed by atoms with Gasteiger partial charge in [0.1, 0.15) is 11.6 Å². The molecule has 0 aliphatic carbocycles. The Morgan fingerprint density at radius 2 is 2.12 bits per heavy atom. The van der Waals surface area contributed by atoms with Gasteiger partial charge in [0, 0.05) is 25.1 Å². The molecule has 2 heterocycles. The minimum atomic E-state index is -0.138. The first-order valence-corrected chi connectivity index (χ1v) is 8.03. The quantitative estimate of drug-likeness (QED) is 0.926. The van der Waals surface area contributed by atoms with Gasteiger partial charge >= 0.3 is 0 Å². The Hall–Kier alpha value is -2.63. The van der Waals surface area contributed by atoms with Crippen LogP contribution in [0, 0.1) is 6.92 Å². The molecule has 1 atom stereocenters. The van der Waals surface area contributed by atoms with Gasteiger partial charge in [0.15, 0.2) is 0 Å². The number of aryl methyl sites for hydroxylation is 1. The van der Waals surface area contributed by atoms with Crippen LogP contribution in [0.2, 0.25) is 0 Å². The van der Waals surface area contributed by atoms with Gasteiger partial charge in [-0.1, -0.05) is 12.1 Å². The fraction of sp³-hybridized carbons (Fsp3) is 0.389. The molecule has 1 fully saturated rings. The number of amides is 1. The number of likely N-dealkylation sites (tertiary alicyclic amines) is 1. The van der Waals surface area contributed by atoms with Crippen molar-refractivity contribution in [2.45, 2.75) is 25.7 Å². The fourth-order valence-corrected chi connectivity index (χ4v) is 3.07. The predicted molar refractivity (Wildman–Crippen MR) is 90.2 cm³/mol. The highest BCUT2D eigenvalue weighted by Gasteiger charge is 2.28. The van der Waals surface area contributed by atoms with Crippen molar-refractivity contribution in [2.24, 2.45) is 0 Å². The Kier molecular flexibility index (Phi) is 4.64. The van der Waals surface area contributed by atoms with Gasteiger partial charge in [-0.15, -0.1) is 0 Å². The van der Waals surface area contributed by atoms with Crippen molar-refractivity contribution >= 4 is 5.91 Å². The van der Waals surface area contributed by atoms with E-state index >= 15 is 0 Å². The molecular formula is C18H21N3O3. The minimum absolute atomic E-state index is 0.101. The second-order valence-electron chi connectivity index (χ2n) is 6.11. The van der Waals surface area contributed by atoms with Crippen LogP contribution in [0.25, 0.3) is 0 Å². The molecule has 1 aromatic heterocycles. The Labute approximate surface area is 140 Å². The molecule has 126 valence electrons. The maximum Gasteiger partial charge on any atom is 0.251 e. The van der Waals surface area contributed by atoms with Crippen LogP contribution in [0.15, 0.2) is 35.1 Å². The zero-order chi connectivity index (χ0) is 17.1. The Balaban J connectivity index is 1.64. The van der Waals surface area contributed by atoms with Gasteiger partial charge in [0.25, 0.3) is 5.56 Å². The maximum absolute atomic E-state index is 12.5. The number of hydrogen-bond acceptors (Lipinski definition) is 4. The summed E-state index contributed by atoms with van der Waals surface area (Å²) in [5.41, 5.74) is 1.60. The number of carbonyl (C=O) groups is 1. The largest absolute Gasteiger partial charge is 0.497 e. The molecule has 1 aromatic carbocycles. The van der Waals surface area contributed by atoms with Crippen molar-refractivity contribution in [3.8, 4) is 5.75 Å². The molecule has 1 saturated heterocycles. The summed E-state index contributed by atoms with van der Waals surface area (Å²) in [6.07, 6.45) is 1.21. The fourth-order valence-electron chi connectivity index (χ4n) is 3.07. The monoisotopic (exact) mass is 327 g/mol. The third-order valence-electron chi connectivity index (χ3n) is 4.35. The summed E-state index contributed by atoms with van der Waals surface area (Å²) in [5, 5.41) is 0. The van der Waals surface area contributed by atoms with Crippen LogP contribution in [-0.4, -0.2) is 41.0 Å². The standard InChI is InChI=1S/C18H21N3O3/c1-12-19-16(10-17(22)20-12)14-7-8-21(11-14)18(23)9-13-3-5-15(24-2)6-4-13/h3-6,10,14H,7-9,11H2,1-2H3,(H,19,20,22)/t14-/m0/s1. The van der Waals surface area contributed by atoms with Crippen LogP contribution >= 0.6 is 0 Å². The zero-order valence-corrected chi connectivity index (χ0v) is 13.9. The van der Waals surface area contributed by atoms with Gasteiger partial charge in [-0.3, -0.25) is 9.59 Å². The van der Waals surface area contributed by atoms with Crippen molar-refractivity contribution in [2.75, 3.05) is 20.2 Å². The van der Waals surface area contributed by atoms with E-state index in [0.717, 1.165) is 23.4 Å². The molecule has 1 N–H and O–H groups in total.